The second kappa shape index (κ2) is 10.1. The van der Waals surface area contributed by atoms with Crippen LogP contribution in [0, 0.1) is 11.8 Å². The molecule has 1 fully saturated rings. The van der Waals surface area contributed by atoms with E-state index in [2.05, 4.69) is 32.6 Å². The van der Waals surface area contributed by atoms with Crippen molar-refractivity contribution < 1.29 is 9.63 Å². The van der Waals surface area contributed by atoms with E-state index < -0.39 is 0 Å². The van der Waals surface area contributed by atoms with Crippen LogP contribution in [0.2, 0.25) is 0 Å². The van der Waals surface area contributed by atoms with Gasteiger partial charge in [-0.25, -0.2) is 9.78 Å². The third kappa shape index (κ3) is 4.81. The molecule has 0 saturated carbocycles. The van der Waals surface area contributed by atoms with Crippen molar-refractivity contribution in [1.29, 1.82) is 0 Å². The average molecular weight is 504 g/mol. The second-order valence-corrected chi connectivity index (χ2v) is 8.92. The van der Waals surface area contributed by atoms with E-state index in [-0.39, 0.29) is 12.1 Å². The van der Waals surface area contributed by atoms with Gasteiger partial charge in [-0.05, 0) is 41.8 Å². The maximum absolute atomic E-state index is 13.0. The number of benzene rings is 2. The fraction of sp³-hybridized carbons (Fsp3) is 0.138. The first kappa shape index (κ1) is 23.3. The molecule has 5 aromatic rings. The van der Waals surface area contributed by atoms with Gasteiger partial charge in [0.2, 0.25) is 0 Å². The van der Waals surface area contributed by atoms with Crippen LogP contribution in [0.1, 0.15) is 29.3 Å². The molecule has 1 aliphatic rings. The zero-order valence-electron chi connectivity index (χ0n) is 20.7. The van der Waals surface area contributed by atoms with Crippen LogP contribution in [-0.4, -0.2) is 36.9 Å². The number of hydrogen-bond acceptors (Lipinski definition) is 5. The third-order valence-electron chi connectivity index (χ3n) is 6.26. The van der Waals surface area contributed by atoms with Gasteiger partial charge in [0.15, 0.2) is 5.65 Å². The summed E-state index contributed by atoms with van der Waals surface area (Å²) in [6, 6.07) is 20.8. The minimum atomic E-state index is -0.308. The van der Waals surface area contributed by atoms with Crippen LogP contribution in [-0.2, 0) is 11.9 Å². The lowest BCUT2D eigenvalue weighted by molar-refractivity contribution is -0.0829. The number of anilines is 3. The molecular formula is C29H25N7O2. The maximum Gasteiger partial charge on any atom is 0.346 e. The highest BCUT2D eigenvalue weighted by atomic mass is 16.7. The predicted octanol–water partition coefficient (Wildman–Crippen LogP) is 5.12. The summed E-state index contributed by atoms with van der Waals surface area (Å²) in [5, 5.41) is 11.9. The highest BCUT2D eigenvalue weighted by Gasteiger charge is 2.31. The van der Waals surface area contributed by atoms with E-state index in [1.807, 2.05) is 90.6 Å². The molecule has 1 saturated heterocycles. The summed E-state index contributed by atoms with van der Waals surface area (Å²) in [4.78, 5) is 23.2. The quantitative estimate of drug-likeness (QED) is 0.332. The number of aromatic nitrogens is 4. The van der Waals surface area contributed by atoms with Crippen LogP contribution in [0.5, 0.6) is 0 Å². The molecular weight excluding hydrogens is 478 g/mol. The fourth-order valence-corrected chi connectivity index (χ4v) is 4.48. The summed E-state index contributed by atoms with van der Waals surface area (Å²) in [6.07, 6.45) is 8.09. The number of urea groups is 1. The van der Waals surface area contributed by atoms with E-state index in [4.69, 9.17) is 4.84 Å². The van der Waals surface area contributed by atoms with Crippen LogP contribution >= 0.6 is 0 Å². The summed E-state index contributed by atoms with van der Waals surface area (Å²) in [7, 11) is 1.87. The van der Waals surface area contributed by atoms with Crippen molar-refractivity contribution in [3.05, 3.63) is 108 Å². The number of fused-ring (bicyclic) bond motifs is 1. The van der Waals surface area contributed by atoms with Crippen molar-refractivity contribution in [3.63, 3.8) is 0 Å². The van der Waals surface area contributed by atoms with Gasteiger partial charge in [-0.3, -0.25) is 13.9 Å². The Morgan fingerprint density at radius 3 is 2.76 bits per heavy atom. The van der Waals surface area contributed by atoms with Gasteiger partial charge in [0.1, 0.15) is 5.69 Å². The molecule has 0 spiro atoms. The number of amides is 2. The van der Waals surface area contributed by atoms with Crippen LogP contribution in [0.25, 0.3) is 5.65 Å². The summed E-state index contributed by atoms with van der Waals surface area (Å²) in [5.41, 5.74) is 5.71. The third-order valence-corrected chi connectivity index (χ3v) is 6.26. The summed E-state index contributed by atoms with van der Waals surface area (Å²) in [5.74, 6) is 6.39. The lowest BCUT2D eigenvalue weighted by Gasteiger charge is -2.23. The van der Waals surface area contributed by atoms with Gasteiger partial charge in [0, 0.05) is 37.1 Å². The van der Waals surface area contributed by atoms with Gasteiger partial charge in [0.25, 0.3) is 0 Å². The summed E-state index contributed by atoms with van der Waals surface area (Å²) >= 11 is 0. The molecule has 2 amide bonds. The number of rotatable bonds is 4. The Balaban J connectivity index is 1.18. The molecule has 1 atom stereocenters. The monoisotopic (exact) mass is 503 g/mol. The van der Waals surface area contributed by atoms with Gasteiger partial charge < -0.3 is 10.6 Å². The van der Waals surface area contributed by atoms with Crippen molar-refractivity contribution in [1.82, 2.24) is 24.2 Å². The van der Waals surface area contributed by atoms with Crippen LogP contribution < -0.4 is 10.6 Å². The largest absolute Gasteiger partial charge is 0.350 e. The molecule has 2 N–H and O–H groups in total. The zero-order valence-corrected chi connectivity index (χ0v) is 20.7. The molecule has 0 unspecified atom stereocenters. The molecule has 188 valence electrons. The van der Waals surface area contributed by atoms with Crippen molar-refractivity contribution in [2.45, 2.75) is 12.5 Å². The van der Waals surface area contributed by atoms with Gasteiger partial charge in [-0.2, -0.15) is 10.2 Å². The maximum atomic E-state index is 13.0. The predicted molar refractivity (Wildman–Crippen MR) is 145 cm³/mol. The Kier molecular flexibility index (Phi) is 6.22. The number of imidazole rings is 1. The first-order valence-corrected chi connectivity index (χ1v) is 12.3. The highest BCUT2D eigenvalue weighted by molar-refractivity contribution is 5.89. The smallest absolute Gasteiger partial charge is 0.346 e. The number of hydroxylamine groups is 2. The molecule has 38 heavy (non-hydrogen) atoms. The van der Waals surface area contributed by atoms with Gasteiger partial charge in [-0.15, -0.1) is 0 Å². The molecule has 9 heteroatoms. The van der Waals surface area contributed by atoms with Gasteiger partial charge >= 0.3 is 6.03 Å². The number of hydrogen-bond donors (Lipinski definition) is 2. The topological polar surface area (TPSA) is 88.7 Å². The Labute approximate surface area is 219 Å². The lowest BCUT2D eigenvalue weighted by Crippen LogP contribution is -2.33. The van der Waals surface area contributed by atoms with Crippen molar-refractivity contribution >= 4 is 28.7 Å². The van der Waals surface area contributed by atoms with Crippen LogP contribution in [0.3, 0.4) is 0 Å². The molecule has 9 nitrogen and oxygen atoms in total. The molecule has 3 aromatic heterocycles. The fourth-order valence-electron chi connectivity index (χ4n) is 4.48. The van der Waals surface area contributed by atoms with E-state index in [0.717, 1.165) is 40.3 Å². The first-order chi connectivity index (χ1) is 18.6. The minimum absolute atomic E-state index is 0.119. The van der Waals surface area contributed by atoms with Crippen molar-refractivity contribution in [2.24, 2.45) is 7.05 Å². The molecule has 2 aromatic carbocycles. The standard InChI is InChI=1S/C29H25N7O2/c1-34-20-24(18-31-34)32-26-11-6-15-35-25(19-30-28(26)35)13-12-21-7-5-10-23(17-21)33-29(37)36-27(14-16-38-36)22-8-3-2-4-9-22/h2-11,15,17-20,27,32H,14,16H2,1H3,(H,33,37)/t27-/m0/s1. The lowest BCUT2D eigenvalue weighted by atomic mass is 10.1. The van der Waals surface area contributed by atoms with E-state index in [1.165, 1.54) is 5.06 Å². The molecule has 4 heterocycles. The normalized spacial score (nSPS) is 14.8. The Hall–Kier alpha value is -5.07. The summed E-state index contributed by atoms with van der Waals surface area (Å²) < 4.78 is 3.67. The van der Waals surface area contributed by atoms with Crippen LogP contribution in [0.15, 0.2) is 91.5 Å². The zero-order chi connectivity index (χ0) is 25.9. The molecule has 0 aliphatic carbocycles. The van der Waals surface area contributed by atoms with Gasteiger partial charge in [-0.1, -0.05) is 42.3 Å². The Morgan fingerprint density at radius 2 is 1.92 bits per heavy atom. The Bertz CT molecular complexity index is 1660. The van der Waals surface area contributed by atoms with Gasteiger partial charge in [0.05, 0.1) is 36.4 Å². The highest BCUT2D eigenvalue weighted by Crippen LogP contribution is 2.30. The minimum Gasteiger partial charge on any atom is -0.350 e. The first-order valence-electron chi connectivity index (χ1n) is 12.3. The second-order valence-electron chi connectivity index (χ2n) is 8.92. The number of aryl methyl sites for hydroxylation is 1. The SMILES string of the molecule is Cn1cc(Nc2cccn3c(C#Cc4cccc(NC(=O)N5OCC[C@H]5c5ccccc5)c4)cnc23)cn1. The average Bonchev–Trinajstić information content (AvgIpc) is 3.69. The van der Waals surface area contributed by atoms with Crippen LogP contribution in [0.4, 0.5) is 21.9 Å². The Morgan fingerprint density at radius 1 is 1.03 bits per heavy atom. The molecule has 0 bridgehead atoms. The van der Waals surface area contributed by atoms with E-state index in [0.29, 0.717) is 12.3 Å². The van der Waals surface area contributed by atoms with E-state index >= 15 is 0 Å². The number of carbonyl (C=O) groups excluding carboxylic acids is 1. The molecule has 6 rings (SSSR count). The number of pyridine rings is 1. The van der Waals surface area contributed by atoms with Crippen molar-refractivity contribution in [3.8, 4) is 11.8 Å². The number of nitrogens with zero attached hydrogens (tertiary/aromatic N) is 5. The number of carbonyl (C=O) groups is 1. The molecule has 0 radical (unpaired) electrons. The van der Waals surface area contributed by atoms with E-state index in [9.17, 15) is 4.79 Å². The molecule has 1 aliphatic heterocycles. The number of nitrogens with one attached hydrogen (secondary N) is 2. The van der Waals surface area contributed by atoms with Crippen molar-refractivity contribution in [2.75, 3.05) is 17.2 Å². The van der Waals surface area contributed by atoms with E-state index in [1.54, 1.807) is 17.1 Å². The summed E-state index contributed by atoms with van der Waals surface area (Å²) in [6.45, 7) is 0.497.